The molecule has 0 saturated heterocycles. The monoisotopic (exact) mass is 206 g/mol. The van der Waals surface area contributed by atoms with Crippen molar-refractivity contribution in [2.75, 3.05) is 19.4 Å². The van der Waals surface area contributed by atoms with Crippen LogP contribution in [0.5, 0.6) is 0 Å². The molecule has 0 atom stereocenters. The number of hydrogen-bond donors (Lipinski definition) is 1. The second-order valence-corrected chi connectivity index (χ2v) is 4.47. The van der Waals surface area contributed by atoms with Crippen molar-refractivity contribution in [3.8, 4) is 0 Å². The van der Waals surface area contributed by atoms with Gasteiger partial charge >= 0.3 is 0 Å². The third-order valence-electron chi connectivity index (χ3n) is 3.00. The third-order valence-corrected chi connectivity index (χ3v) is 3.00. The van der Waals surface area contributed by atoms with E-state index >= 15 is 0 Å². The second-order valence-electron chi connectivity index (χ2n) is 4.47. The summed E-state index contributed by atoms with van der Waals surface area (Å²) in [7, 11) is 4.27. The smallest absolute Gasteiger partial charge is 0.129 e. The fourth-order valence-corrected chi connectivity index (χ4v) is 1.87. The molecule has 0 spiro atoms. The van der Waals surface area contributed by atoms with Crippen LogP contribution in [0.25, 0.3) is 0 Å². The topological polar surface area (TPSA) is 41.0 Å². The summed E-state index contributed by atoms with van der Waals surface area (Å²) in [4.78, 5) is 10.6. The largest absolute Gasteiger partial charge is 0.367 e. The van der Waals surface area contributed by atoms with Crippen molar-refractivity contribution >= 4 is 5.82 Å². The van der Waals surface area contributed by atoms with E-state index in [2.05, 4.69) is 34.3 Å². The first-order valence-corrected chi connectivity index (χ1v) is 5.37. The van der Waals surface area contributed by atoms with Gasteiger partial charge < -0.3 is 10.2 Å². The van der Waals surface area contributed by atoms with E-state index in [0.29, 0.717) is 6.04 Å². The first kappa shape index (κ1) is 10.4. The molecular formula is C11H18N4. The second kappa shape index (κ2) is 4.14. The lowest BCUT2D eigenvalue weighted by Crippen LogP contribution is -2.47. The number of hydrogen-bond acceptors (Lipinski definition) is 4. The summed E-state index contributed by atoms with van der Waals surface area (Å²) in [5.74, 6) is 0.949. The van der Waals surface area contributed by atoms with Gasteiger partial charge in [0.15, 0.2) is 0 Å². The highest BCUT2D eigenvalue weighted by Gasteiger charge is 2.30. The zero-order valence-corrected chi connectivity index (χ0v) is 9.57. The Balaban J connectivity index is 1.85. The van der Waals surface area contributed by atoms with Gasteiger partial charge in [0.2, 0.25) is 0 Å². The zero-order chi connectivity index (χ0) is 10.8. The first-order chi connectivity index (χ1) is 7.15. The van der Waals surface area contributed by atoms with Crippen LogP contribution < -0.4 is 5.32 Å². The Morgan fingerprint density at radius 1 is 1.33 bits per heavy atom. The van der Waals surface area contributed by atoms with Crippen molar-refractivity contribution < 1.29 is 0 Å². The van der Waals surface area contributed by atoms with Crippen molar-refractivity contribution in [1.29, 1.82) is 0 Å². The predicted molar refractivity (Wildman–Crippen MR) is 60.9 cm³/mol. The summed E-state index contributed by atoms with van der Waals surface area (Å²) < 4.78 is 0. The van der Waals surface area contributed by atoms with Crippen molar-refractivity contribution in [2.24, 2.45) is 0 Å². The molecule has 4 nitrogen and oxygen atoms in total. The molecule has 1 saturated carbocycles. The van der Waals surface area contributed by atoms with Crippen LogP contribution in [-0.4, -0.2) is 41.0 Å². The molecular weight excluding hydrogens is 188 g/mol. The lowest BCUT2D eigenvalue weighted by molar-refractivity contribution is 0.177. The molecule has 1 aromatic rings. The minimum atomic E-state index is 0.576. The molecule has 1 aliphatic rings. The summed E-state index contributed by atoms with van der Waals surface area (Å²) in [5, 5.41) is 3.43. The van der Waals surface area contributed by atoms with Gasteiger partial charge in [-0.05, 0) is 33.9 Å². The molecule has 82 valence electrons. The third kappa shape index (κ3) is 2.45. The maximum Gasteiger partial charge on any atom is 0.129 e. The molecule has 4 heteroatoms. The van der Waals surface area contributed by atoms with Gasteiger partial charge in [-0.15, -0.1) is 0 Å². The van der Waals surface area contributed by atoms with Crippen molar-refractivity contribution in [1.82, 2.24) is 14.9 Å². The van der Waals surface area contributed by atoms with E-state index in [1.165, 1.54) is 12.8 Å². The standard InChI is InChI=1S/C11H18N4/c1-8-4-11(13-7-12-8)14-9-5-10(6-9)15(2)3/h4,7,9-10H,5-6H2,1-3H3,(H,12,13,14). The van der Waals surface area contributed by atoms with Crippen molar-refractivity contribution in [3.05, 3.63) is 18.1 Å². The molecule has 0 radical (unpaired) electrons. The van der Waals surface area contributed by atoms with E-state index in [4.69, 9.17) is 0 Å². The summed E-state index contributed by atoms with van der Waals surface area (Å²) in [6.45, 7) is 1.98. The minimum absolute atomic E-state index is 0.576. The number of aromatic nitrogens is 2. The molecule has 2 rings (SSSR count). The van der Waals surface area contributed by atoms with Gasteiger partial charge in [0, 0.05) is 23.8 Å². The van der Waals surface area contributed by atoms with Crippen LogP contribution >= 0.6 is 0 Å². The van der Waals surface area contributed by atoms with Crippen LogP contribution in [0.15, 0.2) is 12.4 Å². The van der Waals surface area contributed by atoms with Crippen LogP contribution in [-0.2, 0) is 0 Å². The molecule has 0 bridgehead atoms. The first-order valence-electron chi connectivity index (χ1n) is 5.37. The number of nitrogens with zero attached hydrogens (tertiary/aromatic N) is 3. The van der Waals surface area contributed by atoms with Crippen LogP contribution in [0.2, 0.25) is 0 Å². The summed E-state index contributed by atoms with van der Waals surface area (Å²) in [6.07, 6.45) is 4.02. The Bertz CT molecular complexity index is 331. The maximum absolute atomic E-state index is 4.20. The quantitative estimate of drug-likeness (QED) is 0.809. The lowest BCUT2D eigenvalue weighted by Gasteiger charge is -2.40. The molecule has 1 heterocycles. The average molecular weight is 206 g/mol. The van der Waals surface area contributed by atoms with Gasteiger partial charge in [0.1, 0.15) is 12.1 Å². The number of aryl methyl sites for hydroxylation is 1. The fraction of sp³-hybridized carbons (Fsp3) is 0.636. The van der Waals surface area contributed by atoms with Gasteiger partial charge in [0.25, 0.3) is 0 Å². The predicted octanol–water partition coefficient (Wildman–Crippen LogP) is 1.29. The van der Waals surface area contributed by atoms with Gasteiger partial charge in [0.05, 0.1) is 0 Å². The van der Waals surface area contributed by atoms with Gasteiger partial charge in [-0.2, -0.15) is 0 Å². The van der Waals surface area contributed by atoms with Crippen LogP contribution in [0.4, 0.5) is 5.82 Å². The number of rotatable bonds is 3. The molecule has 1 fully saturated rings. The molecule has 1 aromatic heterocycles. The van der Waals surface area contributed by atoms with Gasteiger partial charge in [-0.1, -0.05) is 0 Å². The minimum Gasteiger partial charge on any atom is -0.367 e. The summed E-state index contributed by atoms with van der Waals surface area (Å²) in [5.41, 5.74) is 1.01. The summed E-state index contributed by atoms with van der Waals surface area (Å²) in [6, 6.07) is 3.29. The lowest BCUT2D eigenvalue weighted by atomic mass is 9.86. The van der Waals surface area contributed by atoms with E-state index in [9.17, 15) is 0 Å². The highest BCUT2D eigenvalue weighted by molar-refractivity contribution is 5.36. The maximum atomic E-state index is 4.20. The highest BCUT2D eigenvalue weighted by Crippen LogP contribution is 2.26. The molecule has 15 heavy (non-hydrogen) atoms. The Labute approximate surface area is 90.7 Å². The summed E-state index contributed by atoms with van der Waals surface area (Å²) >= 11 is 0. The molecule has 0 aromatic carbocycles. The van der Waals surface area contributed by atoms with Crippen molar-refractivity contribution in [3.63, 3.8) is 0 Å². The zero-order valence-electron chi connectivity index (χ0n) is 9.57. The van der Waals surface area contributed by atoms with Gasteiger partial charge in [-0.3, -0.25) is 0 Å². The van der Waals surface area contributed by atoms with E-state index < -0.39 is 0 Å². The molecule has 0 aliphatic heterocycles. The molecule has 0 unspecified atom stereocenters. The average Bonchev–Trinajstić information content (AvgIpc) is 2.10. The normalized spacial score (nSPS) is 25.1. The Kier molecular flexibility index (Phi) is 2.86. The Morgan fingerprint density at radius 3 is 2.67 bits per heavy atom. The Hall–Kier alpha value is -1.16. The molecule has 1 N–H and O–H groups in total. The van der Waals surface area contributed by atoms with E-state index in [-0.39, 0.29) is 0 Å². The van der Waals surface area contributed by atoms with Gasteiger partial charge in [-0.25, -0.2) is 9.97 Å². The number of nitrogens with one attached hydrogen (secondary N) is 1. The van der Waals surface area contributed by atoms with E-state index in [1.807, 2.05) is 13.0 Å². The Morgan fingerprint density at radius 2 is 2.07 bits per heavy atom. The number of anilines is 1. The SMILES string of the molecule is Cc1cc(NC2CC(N(C)C)C2)ncn1. The highest BCUT2D eigenvalue weighted by atomic mass is 15.1. The van der Waals surface area contributed by atoms with Crippen LogP contribution in [0.1, 0.15) is 18.5 Å². The van der Waals surface area contributed by atoms with Crippen LogP contribution in [0.3, 0.4) is 0 Å². The molecule has 0 amide bonds. The van der Waals surface area contributed by atoms with Crippen LogP contribution in [0, 0.1) is 6.92 Å². The fourth-order valence-electron chi connectivity index (χ4n) is 1.87. The molecule has 1 aliphatic carbocycles. The van der Waals surface area contributed by atoms with E-state index in [0.717, 1.165) is 17.6 Å². The van der Waals surface area contributed by atoms with Crippen molar-refractivity contribution in [2.45, 2.75) is 31.8 Å². The van der Waals surface area contributed by atoms with E-state index in [1.54, 1.807) is 6.33 Å².